The van der Waals surface area contributed by atoms with E-state index in [4.69, 9.17) is 5.41 Å². The van der Waals surface area contributed by atoms with Crippen molar-refractivity contribution in [3.05, 3.63) is 47.8 Å². The second-order valence-corrected chi connectivity index (χ2v) is 6.93. The Morgan fingerprint density at radius 3 is 2.85 bits per heavy atom. The van der Waals surface area contributed by atoms with Crippen molar-refractivity contribution in [2.24, 2.45) is 7.05 Å². The largest absolute Gasteiger partial charge is 0.346 e. The number of carbonyl (C=O) groups excluding carboxylic acids is 1. The van der Waals surface area contributed by atoms with Gasteiger partial charge in [0, 0.05) is 31.5 Å². The Morgan fingerprint density at radius 1 is 1.44 bits per heavy atom. The normalized spacial score (nSPS) is 19.9. The Bertz CT molecular complexity index is 1030. The van der Waals surface area contributed by atoms with E-state index in [1.807, 2.05) is 42.8 Å². The molecule has 3 heterocycles. The van der Waals surface area contributed by atoms with E-state index in [1.165, 1.54) is 4.90 Å². The summed E-state index contributed by atoms with van der Waals surface area (Å²) in [5.74, 6) is 5.89. The highest BCUT2D eigenvalue weighted by Crippen LogP contribution is 2.26. The number of nitrogens with one attached hydrogen (secondary N) is 2. The van der Waals surface area contributed by atoms with Gasteiger partial charge in [-0.05, 0) is 37.6 Å². The average molecular weight is 361 g/mol. The summed E-state index contributed by atoms with van der Waals surface area (Å²) in [5.41, 5.74) is 3.81. The molecule has 6 heteroatoms. The van der Waals surface area contributed by atoms with Crippen LogP contribution in [0.15, 0.2) is 36.6 Å². The fourth-order valence-corrected chi connectivity index (χ4v) is 3.09. The predicted molar refractivity (Wildman–Crippen MR) is 108 cm³/mol. The standard InChI is InChI=1S/C21H23N5O/c1-6-7-15-10-18-17(23-13-15)11-16(25(18)4)9-8-14(2)21(3)12-19(27)26(5)20(22)24-21/h8-11,13H,2,12H2,1,3-5H3,(H2,22,24)/b9-8-/t21-/m0/s1. The monoisotopic (exact) mass is 361 g/mol. The van der Waals surface area contributed by atoms with Crippen molar-refractivity contribution in [1.29, 1.82) is 5.41 Å². The molecule has 0 radical (unpaired) electrons. The third kappa shape index (κ3) is 3.36. The van der Waals surface area contributed by atoms with Gasteiger partial charge in [0.25, 0.3) is 0 Å². The fraction of sp³-hybridized carbons (Fsp3) is 0.286. The van der Waals surface area contributed by atoms with Crippen LogP contribution < -0.4 is 5.32 Å². The number of guanidine groups is 1. The molecule has 0 unspecified atom stereocenters. The van der Waals surface area contributed by atoms with E-state index in [0.717, 1.165) is 27.9 Å². The highest BCUT2D eigenvalue weighted by atomic mass is 16.2. The molecule has 0 aromatic carbocycles. The van der Waals surface area contributed by atoms with E-state index < -0.39 is 5.54 Å². The van der Waals surface area contributed by atoms with Crippen LogP contribution in [-0.2, 0) is 11.8 Å². The molecule has 3 rings (SSSR count). The SMILES string of the molecule is C=C(/C=C\c1cc2ncc(C#CC)cc2n1C)[C@]1(C)CC(=O)N(C)C(=N)N1. The first-order valence-corrected chi connectivity index (χ1v) is 8.64. The van der Waals surface area contributed by atoms with Gasteiger partial charge < -0.3 is 9.88 Å². The molecule has 2 aromatic heterocycles. The molecule has 1 saturated heterocycles. The summed E-state index contributed by atoms with van der Waals surface area (Å²) in [5, 5.41) is 11.0. The smallest absolute Gasteiger partial charge is 0.231 e. The number of aryl methyl sites for hydroxylation is 1. The summed E-state index contributed by atoms with van der Waals surface area (Å²) >= 11 is 0. The van der Waals surface area contributed by atoms with E-state index in [0.29, 0.717) is 0 Å². The van der Waals surface area contributed by atoms with Gasteiger partial charge in [0.05, 0.1) is 23.0 Å². The molecule has 2 N–H and O–H groups in total. The zero-order valence-corrected chi connectivity index (χ0v) is 16.1. The van der Waals surface area contributed by atoms with Gasteiger partial charge in [-0.3, -0.25) is 20.1 Å². The number of amides is 1. The minimum Gasteiger partial charge on any atom is -0.346 e. The second kappa shape index (κ2) is 6.76. The van der Waals surface area contributed by atoms with Gasteiger partial charge in [0.15, 0.2) is 5.96 Å². The summed E-state index contributed by atoms with van der Waals surface area (Å²) in [6.45, 7) is 7.81. The average Bonchev–Trinajstić information content (AvgIpc) is 2.93. The molecule has 1 atom stereocenters. The lowest BCUT2D eigenvalue weighted by Crippen LogP contribution is -2.60. The lowest BCUT2D eigenvalue weighted by atomic mass is 9.87. The molecule has 0 spiro atoms. The highest BCUT2D eigenvalue weighted by Gasteiger charge is 2.37. The zero-order valence-electron chi connectivity index (χ0n) is 16.1. The minimum atomic E-state index is -0.677. The van der Waals surface area contributed by atoms with Crippen LogP contribution in [0.25, 0.3) is 17.1 Å². The van der Waals surface area contributed by atoms with Crippen molar-refractivity contribution >= 4 is 29.0 Å². The Kier molecular flexibility index (Phi) is 4.63. The second-order valence-electron chi connectivity index (χ2n) is 6.93. The number of hydrogen-bond donors (Lipinski definition) is 2. The van der Waals surface area contributed by atoms with E-state index in [1.54, 1.807) is 20.2 Å². The van der Waals surface area contributed by atoms with Crippen LogP contribution in [-0.4, -0.2) is 38.9 Å². The number of nitrogens with zero attached hydrogens (tertiary/aromatic N) is 3. The molecular weight excluding hydrogens is 338 g/mol. The number of pyridine rings is 1. The van der Waals surface area contributed by atoms with E-state index in [9.17, 15) is 4.79 Å². The van der Waals surface area contributed by atoms with Crippen molar-refractivity contribution < 1.29 is 4.79 Å². The zero-order chi connectivity index (χ0) is 19.8. The van der Waals surface area contributed by atoms with Crippen molar-refractivity contribution in [3.8, 4) is 11.8 Å². The lowest BCUT2D eigenvalue weighted by Gasteiger charge is -2.39. The van der Waals surface area contributed by atoms with Crippen LogP contribution in [0.4, 0.5) is 0 Å². The van der Waals surface area contributed by atoms with Gasteiger partial charge in [-0.25, -0.2) is 0 Å². The maximum Gasteiger partial charge on any atom is 0.231 e. The summed E-state index contributed by atoms with van der Waals surface area (Å²) < 4.78 is 2.05. The first kappa shape index (κ1) is 18.5. The molecule has 1 amide bonds. The van der Waals surface area contributed by atoms with Gasteiger partial charge >= 0.3 is 0 Å². The summed E-state index contributed by atoms with van der Waals surface area (Å²) in [6.07, 6.45) is 5.87. The molecule has 1 fully saturated rings. The first-order valence-electron chi connectivity index (χ1n) is 8.64. The minimum absolute atomic E-state index is 0.0849. The fourth-order valence-electron chi connectivity index (χ4n) is 3.09. The Labute approximate surface area is 159 Å². The van der Waals surface area contributed by atoms with Gasteiger partial charge in [0.2, 0.25) is 5.91 Å². The summed E-state index contributed by atoms with van der Waals surface area (Å²) in [4.78, 5) is 17.9. The molecule has 1 aliphatic heterocycles. The molecule has 1 aliphatic rings. The molecule has 0 bridgehead atoms. The van der Waals surface area contributed by atoms with E-state index in [2.05, 4.69) is 28.7 Å². The Balaban J connectivity index is 1.88. The van der Waals surface area contributed by atoms with Crippen LogP contribution in [0, 0.1) is 17.3 Å². The molecular formula is C21H23N5O. The third-order valence-electron chi connectivity index (χ3n) is 4.97. The highest BCUT2D eigenvalue weighted by molar-refractivity contribution is 5.99. The van der Waals surface area contributed by atoms with Crippen LogP contribution in [0.5, 0.6) is 0 Å². The maximum atomic E-state index is 12.1. The topological polar surface area (TPSA) is 74.0 Å². The number of hydrogen-bond acceptors (Lipinski definition) is 3. The molecule has 138 valence electrons. The van der Waals surface area contributed by atoms with Gasteiger partial charge in [0.1, 0.15) is 0 Å². The summed E-state index contributed by atoms with van der Waals surface area (Å²) in [6, 6.07) is 4.02. The van der Waals surface area contributed by atoms with Crippen molar-refractivity contribution in [2.45, 2.75) is 25.8 Å². The summed E-state index contributed by atoms with van der Waals surface area (Å²) in [7, 11) is 3.57. The van der Waals surface area contributed by atoms with Crippen molar-refractivity contribution in [1.82, 2.24) is 19.8 Å². The van der Waals surface area contributed by atoms with Crippen LogP contribution in [0.3, 0.4) is 0 Å². The Morgan fingerprint density at radius 2 is 2.19 bits per heavy atom. The van der Waals surface area contributed by atoms with Crippen molar-refractivity contribution in [3.63, 3.8) is 0 Å². The van der Waals surface area contributed by atoms with Crippen LogP contribution in [0.2, 0.25) is 0 Å². The predicted octanol–water partition coefficient (Wildman–Crippen LogP) is 2.66. The first-order chi connectivity index (χ1) is 12.7. The molecule has 27 heavy (non-hydrogen) atoms. The third-order valence-corrected chi connectivity index (χ3v) is 4.97. The number of fused-ring (bicyclic) bond motifs is 1. The van der Waals surface area contributed by atoms with Crippen LogP contribution in [0.1, 0.15) is 31.5 Å². The van der Waals surface area contributed by atoms with Crippen molar-refractivity contribution in [2.75, 3.05) is 7.05 Å². The lowest BCUT2D eigenvalue weighted by molar-refractivity contribution is -0.128. The molecule has 6 nitrogen and oxygen atoms in total. The van der Waals surface area contributed by atoms with Crippen LogP contribution >= 0.6 is 0 Å². The number of carbonyl (C=O) groups is 1. The van der Waals surface area contributed by atoms with Gasteiger partial charge in [-0.1, -0.05) is 18.6 Å². The molecule has 2 aromatic rings. The molecule has 0 aliphatic carbocycles. The van der Waals surface area contributed by atoms with Gasteiger partial charge in [-0.2, -0.15) is 0 Å². The maximum absolute atomic E-state index is 12.1. The number of rotatable bonds is 3. The number of aromatic nitrogens is 2. The van der Waals surface area contributed by atoms with Gasteiger partial charge in [-0.15, -0.1) is 5.92 Å². The quantitative estimate of drug-likeness (QED) is 0.652. The Hall–Kier alpha value is -3.33. The van der Waals surface area contributed by atoms with E-state index >= 15 is 0 Å². The molecule has 0 saturated carbocycles. The van der Waals surface area contributed by atoms with E-state index in [-0.39, 0.29) is 18.3 Å².